The molecular weight excluding hydrogens is 488 g/mol. The van der Waals surface area contributed by atoms with Gasteiger partial charge in [-0.25, -0.2) is 13.2 Å². The van der Waals surface area contributed by atoms with Crippen molar-refractivity contribution in [2.75, 3.05) is 18.2 Å². The van der Waals surface area contributed by atoms with Crippen LogP contribution < -0.4 is 0 Å². The Hall–Kier alpha value is -0.360. The highest BCUT2D eigenvalue weighted by Gasteiger charge is 2.31. The molecule has 1 aromatic rings. The summed E-state index contributed by atoms with van der Waals surface area (Å²) in [5, 5.41) is 0. The molecular formula is C29H44F4S2. The Balaban J connectivity index is 0.000000196. The largest absolute Gasteiger partial charge is 0.251 e. The van der Waals surface area contributed by atoms with Gasteiger partial charge in [-0.15, -0.1) is 23.5 Å². The molecule has 0 spiro atoms. The number of thioether (sulfide) groups is 2. The molecule has 0 radical (unpaired) electrons. The van der Waals surface area contributed by atoms with Crippen LogP contribution in [0.1, 0.15) is 102 Å². The lowest BCUT2D eigenvalue weighted by molar-refractivity contribution is 0.235. The monoisotopic (exact) mass is 532 g/mol. The first-order chi connectivity index (χ1) is 16.9. The van der Waals surface area contributed by atoms with Crippen LogP contribution in [0.4, 0.5) is 17.6 Å². The van der Waals surface area contributed by atoms with E-state index >= 15 is 0 Å². The molecule has 200 valence electrons. The highest BCUT2D eigenvalue weighted by molar-refractivity contribution is 8.17. The molecule has 2 saturated carbocycles. The van der Waals surface area contributed by atoms with Crippen molar-refractivity contribution >= 4 is 23.5 Å². The summed E-state index contributed by atoms with van der Waals surface area (Å²) in [6.45, 7) is 3.92. The van der Waals surface area contributed by atoms with E-state index in [1.807, 2.05) is 0 Å². The first-order valence-electron chi connectivity index (χ1n) is 13.9. The number of hydrogen-bond acceptors (Lipinski definition) is 2. The SMILES string of the molecule is CCCC1CSC(C2CCC(CCF)CC2)SC1.CCc1c(F)cc(C2CCC(F)CC2)cc1F. The van der Waals surface area contributed by atoms with Gasteiger partial charge in [-0.05, 0) is 111 Å². The highest BCUT2D eigenvalue weighted by Crippen LogP contribution is 2.45. The molecule has 0 atom stereocenters. The van der Waals surface area contributed by atoms with Gasteiger partial charge in [-0.1, -0.05) is 33.1 Å². The number of benzene rings is 1. The molecule has 2 aliphatic carbocycles. The van der Waals surface area contributed by atoms with Crippen LogP contribution in [-0.2, 0) is 6.42 Å². The van der Waals surface area contributed by atoms with Crippen molar-refractivity contribution in [3.05, 3.63) is 34.9 Å². The molecule has 0 aromatic heterocycles. The van der Waals surface area contributed by atoms with E-state index in [0.717, 1.165) is 22.8 Å². The van der Waals surface area contributed by atoms with Gasteiger partial charge in [0, 0.05) is 5.56 Å². The fourth-order valence-electron chi connectivity index (χ4n) is 5.89. The molecule has 1 aliphatic heterocycles. The summed E-state index contributed by atoms with van der Waals surface area (Å²) in [4.78, 5) is 0. The lowest BCUT2D eigenvalue weighted by Gasteiger charge is -2.36. The highest BCUT2D eigenvalue weighted by atomic mass is 32.2. The van der Waals surface area contributed by atoms with Crippen molar-refractivity contribution in [1.29, 1.82) is 0 Å². The summed E-state index contributed by atoms with van der Waals surface area (Å²) >= 11 is 4.44. The fraction of sp³-hybridized carbons (Fsp3) is 0.793. The Morgan fingerprint density at radius 2 is 1.40 bits per heavy atom. The first-order valence-corrected chi connectivity index (χ1v) is 16.0. The van der Waals surface area contributed by atoms with Gasteiger partial charge >= 0.3 is 0 Å². The Labute approximate surface area is 219 Å². The van der Waals surface area contributed by atoms with Gasteiger partial charge in [0.1, 0.15) is 17.8 Å². The molecule has 0 amide bonds. The second-order valence-electron chi connectivity index (χ2n) is 10.7. The quantitative estimate of drug-likeness (QED) is 0.321. The minimum Gasteiger partial charge on any atom is -0.251 e. The van der Waals surface area contributed by atoms with Gasteiger partial charge in [-0.3, -0.25) is 4.39 Å². The zero-order valence-electron chi connectivity index (χ0n) is 21.6. The van der Waals surface area contributed by atoms with Gasteiger partial charge in [0.2, 0.25) is 0 Å². The third kappa shape index (κ3) is 8.86. The van der Waals surface area contributed by atoms with Gasteiger partial charge in [-0.2, -0.15) is 0 Å². The lowest BCUT2D eigenvalue weighted by atomic mass is 9.81. The second kappa shape index (κ2) is 15.1. The topological polar surface area (TPSA) is 0 Å². The molecule has 3 aliphatic rings. The molecule has 1 aromatic carbocycles. The number of halogens is 4. The zero-order chi connectivity index (χ0) is 25.2. The average molecular weight is 533 g/mol. The van der Waals surface area contributed by atoms with Gasteiger partial charge in [0.05, 0.1) is 11.3 Å². The zero-order valence-corrected chi connectivity index (χ0v) is 23.2. The van der Waals surface area contributed by atoms with Crippen LogP contribution in [0.5, 0.6) is 0 Å². The van der Waals surface area contributed by atoms with Crippen LogP contribution in [0.3, 0.4) is 0 Å². The van der Waals surface area contributed by atoms with Crippen molar-refractivity contribution in [2.24, 2.45) is 17.8 Å². The summed E-state index contributed by atoms with van der Waals surface area (Å²) in [6.07, 6.45) is 10.8. The predicted octanol–water partition coefficient (Wildman–Crippen LogP) is 9.90. The Kier molecular flexibility index (Phi) is 12.6. The number of alkyl halides is 2. The molecule has 0 bridgehead atoms. The maximum atomic E-state index is 13.6. The summed E-state index contributed by atoms with van der Waals surface area (Å²) in [5.41, 5.74) is 0.831. The minimum absolute atomic E-state index is 0.108. The predicted molar refractivity (Wildman–Crippen MR) is 145 cm³/mol. The molecule has 4 rings (SSSR count). The van der Waals surface area contributed by atoms with E-state index in [9.17, 15) is 17.6 Å². The Morgan fingerprint density at radius 1 is 0.800 bits per heavy atom. The summed E-state index contributed by atoms with van der Waals surface area (Å²) in [6, 6.07) is 2.84. The number of rotatable bonds is 7. The average Bonchev–Trinajstić information content (AvgIpc) is 2.86. The van der Waals surface area contributed by atoms with E-state index < -0.39 is 17.8 Å². The van der Waals surface area contributed by atoms with Gasteiger partial charge < -0.3 is 0 Å². The fourth-order valence-corrected chi connectivity index (χ4v) is 9.48. The normalized spacial score (nSPS) is 31.5. The van der Waals surface area contributed by atoms with Crippen molar-refractivity contribution in [2.45, 2.75) is 108 Å². The lowest BCUT2D eigenvalue weighted by Crippen LogP contribution is -2.27. The summed E-state index contributed by atoms with van der Waals surface area (Å²) in [5.74, 6) is 4.51. The maximum absolute atomic E-state index is 13.6. The summed E-state index contributed by atoms with van der Waals surface area (Å²) < 4.78 is 53.4. The third-order valence-electron chi connectivity index (χ3n) is 8.13. The first kappa shape index (κ1) is 29.2. The van der Waals surface area contributed by atoms with Crippen molar-refractivity contribution in [3.8, 4) is 0 Å². The smallest absolute Gasteiger partial charge is 0.129 e. The van der Waals surface area contributed by atoms with Crippen LogP contribution in [0.25, 0.3) is 0 Å². The molecule has 1 heterocycles. The molecule has 1 saturated heterocycles. The molecule has 0 unspecified atom stereocenters. The molecule has 6 heteroatoms. The molecule has 0 nitrogen and oxygen atoms in total. The molecule has 35 heavy (non-hydrogen) atoms. The van der Waals surface area contributed by atoms with E-state index in [4.69, 9.17) is 0 Å². The Bertz CT molecular complexity index is 687. The van der Waals surface area contributed by atoms with Gasteiger partial charge in [0.25, 0.3) is 0 Å². The molecule has 0 N–H and O–H groups in total. The summed E-state index contributed by atoms with van der Waals surface area (Å²) in [7, 11) is 0. The number of hydrogen-bond donors (Lipinski definition) is 0. The van der Waals surface area contributed by atoms with E-state index in [-0.39, 0.29) is 18.2 Å². The van der Waals surface area contributed by atoms with Crippen LogP contribution in [0.15, 0.2) is 12.1 Å². The molecule has 3 fully saturated rings. The van der Waals surface area contributed by atoms with Crippen molar-refractivity contribution in [1.82, 2.24) is 0 Å². The second-order valence-corrected chi connectivity index (χ2v) is 13.4. The van der Waals surface area contributed by atoms with Crippen LogP contribution in [-0.4, -0.2) is 28.9 Å². The van der Waals surface area contributed by atoms with Gasteiger partial charge in [0.15, 0.2) is 0 Å². The van der Waals surface area contributed by atoms with Crippen LogP contribution in [0.2, 0.25) is 0 Å². The van der Waals surface area contributed by atoms with Crippen molar-refractivity contribution < 1.29 is 17.6 Å². The van der Waals surface area contributed by atoms with Crippen LogP contribution >= 0.6 is 23.5 Å². The van der Waals surface area contributed by atoms with E-state index in [0.29, 0.717) is 43.6 Å². The maximum Gasteiger partial charge on any atom is 0.129 e. The van der Waals surface area contributed by atoms with Crippen LogP contribution in [0, 0.1) is 29.4 Å². The third-order valence-corrected chi connectivity index (χ3v) is 11.7. The van der Waals surface area contributed by atoms with E-state index in [1.54, 1.807) is 6.92 Å². The standard InChI is InChI=1S/C15H27FS2.C14H17F3/c1-2-3-13-10-17-15(18-11-13)14-6-4-12(5-7-14)8-9-16;1-2-12-13(16)7-10(8-14(12)17)9-3-5-11(15)6-4-9/h12-15H,2-11H2,1H3;7-9,11H,2-6H2,1H3. The van der Waals surface area contributed by atoms with Crippen molar-refractivity contribution in [3.63, 3.8) is 0 Å². The Morgan fingerprint density at radius 3 is 1.91 bits per heavy atom. The van der Waals surface area contributed by atoms with E-state index in [2.05, 4.69) is 30.4 Å². The van der Waals surface area contributed by atoms with E-state index in [1.165, 1.54) is 62.2 Å². The minimum atomic E-state index is -0.740.